The molecule has 1 N–H and O–H groups in total. The van der Waals surface area contributed by atoms with Crippen molar-refractivity contribution in [1.29, 1.82) is 0 Å². The lowest BCUT2D eigenvalue weighted by molar-refractivity contribution is 0.240. The zero-order chi connectivity index (χ0) is 7.40. The average Bonchev–Trinajstić information content (AvgIpc) is 2.05. The summed E-state index contributed by atoms with van der Waals surface area (Å²) in [6, 6.07) is 0. The highest BCUT2D eigenvalue weighted by Crippen LogP contribution is 1.95. The summed E-state index contributed by atoms with van der Waals surface area (Å²) in [6.07, 6.45) is 1.60. The van der Waals surface area contributed by atoms with Gasteiger partial charge in [0.25, 0.3) is 0 Å². The Bertz CT molecular complexity index is 176. The SMILES string of the molecule is COC1=CC(OC)=N[N]N1. The lowest BCUT2D eigenvalue weighted by atomic mass is 10.5. The predicted molar refractivity (Wildman–Crippen MR) is 34.8 cm³/mol. The molecule has 0 bridgehead atoms. The van der Waals surface area contributed by atoms with Crippen LogP contribution >= 0.6 is 0 Å². The molecule has 0 fully saturated rings. The fraction of sp³-hybridized carbons (Fsp3) is 0.400. The van der Waals surface area contributed by atoms with Gasteiger partial charge in [0.15, 0.2) is 0 Å². The highest BCUT2D eigenvalue weighted by atomic mass is 16.5. The third-order valence-electron chi connectivity index (χ3n) is 0.992. The van der Waals surface area contributed by atoms with Crippen molar-refractivity contribution in [1.82, 2.24) is 11.0 Å². The van der Waals surface area contributed by atoms with Gasteiger partial charge >= 0.3 is 0 Å². The van der Waals surface area contributed by atoms with Crippen LogP contribution in [-0.4, -0.2) is 20.1 Å². The van der Waals surface area contributed by atoms with E-state index in [1.54, 1.807) is 6.08 Å². The van der Waals surface area contributed by atoms with E-state index in [-0.39, 0.29) is 0 Å². The molecule has 0 aromatic heterocycles. The summed E-state index contributed by atoms with van der Waals surface area (Å²) in [5.41, 5.74) is 6.03. The van der Waals surface area contributed by atoms with Crippen LogP contribution in [0.2, 0.25) is 0 Å². The number of nitrogens with one attached hydrogen (secondary N) is 1. The van der Waals surface area contributed by atoms with E-state index in [1.807, 2.05) is 0 Å². The molecule has 0 aromatic carbocycles. The Morgan fingerprint density at radius 1 is 1.40 bits per heavy atom. The average molecular weight is 142 g/mol. The molecule has 0 atom stereocenters. The van der Waals surface area contributed by atoms with Gasteiger partial charge in [-0.25, -0.2) is 5.43 Å². The van der Waals surface area contributed by atoms with Crippen LogP contribution in [0.3, 0.4) is 0 Å². The maximum absolute atomic E-state index is 4.82. The molecule has 5 heteroatoms. The minimum absolute atomic E-state index is 0.426. The number of methoxy groups -OCH3 is 2. The van der Waals surface area contributed by atoms with E-state index in [0.29, 0.717) is 11.8 Å². The molecule has 10 heavy (non-hydrogen) atoms. The van der Waals surface area contributed by atoms with Crippen LogP contribution in [0.1, 0.15) is 0 Å². The third-order valence-corrected chi connectivity index (χ3v) is 0.992. The number of rotatable bonds is 1. The molecule has 1 rings (SSSR count). The summed E-state index contributed by atoms with van der Waals surface area (Å²) in [7, 11) is 3.05. The van der Waals surface area contributed by atoms with Crippen molar-refractivity contribution < 1.29 is 9.47 Å². The van der Waals surface area contributed by atoms with Crippen LogP contribution in [0.25, 0.3) is 0 Å². The highest BCUT2D eigenvalue weighted by Gasteiger charge is 2.05. The molecule has 0 spiro atoms. The molecule has 1 heterocycles. The van der Waals surface area contributed by atoms with Crippen LogP contribution in [0.4, 0.5) is 0 Å². The first-order valence-electron chi connectivity index (χ1n) is 2.70. The summed E-state index contributed by atoms with van der Waals surface area (Å²) in [5, 5.41) is 3.60. The first-order valence-corrected chi connectivity index (χ1v) is 2.70. The zero-order valence-electron chi connectivity index (χ0n) is 5.79. The quantitative estimate of drug-likeness (QED) is 0.539. The predicted octanol–water partition coefficient (Wildman–Crippen LogP) is -0.443. The van der Waals surface area contributed by atoms with Crippen molar-refractivity contribution in [3.63, 3.8) is 0 Å². The van der Waals surface area contributed by atoms with Gasteiger partial charge in [-0.3, -0.25) is 0 Å². The van der Waals surface area contributed by atoms with Crippen LogP contribution < -0.4 is 11.0 Å². The molecular formula is C5H8N3O2. The van der Waals surface area contributed by atoms with Crippen LogP contribution in [0, 0.1) is 0 Å². The second-order valence-electron chi connectivity index (χ2n) is 1.57. The molecule has 1 aliphatic heterocycles. The van der Waals surface area contributed by atoms with Gasteiger partial charge in [-0.2, -0.15) is 0 Å². The number of ether oxygens (including phenoxy) is 2. The van der Waals surface area contributed by atoms with E-state index in [2.05, 4.69) is 16.1 Å². The molecule has 55 valence electrons. The highest BCUT2D eigenvalue weighted by molar-refractivity contribution is 5.88. The van der Waals surface area contributed by atoms with Gasteiger partial charge < -0.3 is 9.47 Å². The van der Waals surface area contributed by atoms with E-state index >= 15 is 0 Å². The van der Waals surface area contributed by atoms with Crippen LogP contribution in [0.5, 0.6) is 0 Å². The van der Waals surface area contributed by atoms with Crippen LogP contribution in [0.15, 0.2) is 17.1 Å². The summed E-state index contributed by atoms with van der Waals surface area (Å²) in [6.45, 7) is 0. The first-order chi connectivity index (χ1) is 4.86. The van der Waals surface area contributed by atoms with Gasteiger partial charge in [-0.05, 0) is 0 Å². The van der Waals surface area contributed by atoms with Gasteiger partial charge in [0.2, 0.25) is 11.8 Å². The van der Waals surface area contributed by atoms with Gasteiger partial charge in [-0.15, -0.1) is 0 Å². The van der Waals surface area contributed by atoms with E-state index in [0.717, 1.165) is 0 Å². The Morgan fingerprint density at radius 2 is 2.20 bits per heavy atom. The summed E-state index contributed by atoms with van der Waals surface area (Å²) in [4.78, 5) is 0. The molecule has 0 aromatic rings. The number of hydrogen-bond acceptors (Lipinski definition) is 4. The summed E-state index contributed by atoms with van der Waals surface area (Å²) in [5.74, 6) is 0.947. The lowest BCUT2D eigenvalue weighted by Gasteiger charge is -2.10. The van der Waals surface area contributed by atoms with E-state index in [4.69, 9.17) is 9.47 Å². The second-order valence-corrected chi connectivity index (χ2v) is 1.57. The number of hydrogen-bond donors (Lipinski definition) is 1. The minimum atomic E-state index is 0.426. The van der Waals surface area contributed by atoms with E-state index in [1.165, 1.54) is 14.2 Å². The fourth-order valence-corrected chi connectivity index (χ4v) is 0.501. The van der Waals surface area contributed by atoms with Crippen molar-refractivity contribution in [2.45, 2.75) is 0 Å². The maximum atomic E-state index is 4.82. The number of nitrogens with zero attached hydrogens (tertiary/aromatic N) is 2. The van der Waals surface area contributed by atoms with Gasteiger partial charge in [0, 0.05) is 0 Å². The smallest absolute Gasteiger partial charge is 0.240 e. The summed E-state index contributed by atoms with van der Waals surface area (Å²) >= 11 is 0. The van der Waals surface area contributed by atoms with Crippen molar-refractivity contribution in [3.05, 3.63) is 12.0 Å². The third kappa shape index (κ3) is 1.31. The monoisotopic (exact) mass is 142 g/mol. The Morgan fingerprint density at radius 3 is 2.80 bits per heavy atom. The van der Waals surface area contributed by atoms with Crippen molar-refractivity contribution in [2.24, 2.45) is 5.10 Å². The van der Waals surface area contributed by atoms with Gasteiger partial charge in [-0.1, -0.05) is 10.6 Å². The summed E-state index contributed by atoms with van der Waals surface area (Å²) < 4.78 is 9.60. The Labute approximate surface area is 58.7 Å². The lowest BCUT2D eigenvalue weighted by Crippen LogP contribution is -2.27. The van der Waals surface area contributed by atoms with E-state index < -0.39 is 0 Å². The molecular weight excluding hydrogens is 134 g/mol. The molecule has 1 radical (unpaired) electrons. The van der Waals surface area contributed by atoms with Gasteiger partial charge in [0.05, 0.1) is 20.3 Å². The first kappa shape index (κ1) is 6.73. The second kappa shape index (κ2) is 2.95. The molecule has 0 saturated carbocycles. The Kier molecular flexibility index (Phi) is 1.99. The Balaban J connectivity index is 2.61. The largest absolute Gasteiger partial charge is 0.481 e. The molecule has 0 saturated heterocycles. The van der Waals surface area contributed by atoms with Crippen molar-refractivity contribution in [2.75, 3.05) is 14.2 Å². The fourth-order valence-electron chi connectivity index (χ4n) is 0.501. The molecule has 0 unspecified atom stereocenters. The molecule has 5 nitrogen and oxygen atoms in total. The molecule has 1 aliphatic rings. The normalized spacial score (nSPS) is 15.8. The van der Waals surface area contributed by atoms with Gasteiger partial charge in [0.1, 0.15) is 0 Å². The topological polar surface area (TPSA) is 57.0 Å². The maximum Gasteiger partial charge on any atom is 0.240 e. The van der Waals surface area contributed by atoms with Crippen molar-refractivity contribution in [3.8, 4) is 0 Å². The minimum Gasteiger partial charge on any atom is -0.481 e. The Hall–Kier alpha value is -1.39. The molecule has 0 aliphatic carbocycles. The molecule has 0 amide bonds. The zero-order valence-corrected chi connectivity index (χ0v) is 5.79. The van der Waals surface area contributed by atoms with E-state index in [9.17, 15) is 0 Å². The standard InChI is InChI=1S/C5H8N3O2/c1-9-4-3-5(10-2)7-8-6-4/h3,6H,1-2H3. The van der Waals surface area contributed by atoms with Crippen molar-refractivity contribution >= 4 is 5.90 Å². The van der Waals surface area contributed by atoms with Crippen LogP contribution in [-0.2, 0) is 9.47 Å².